The molecule has 1 saturated heterocycles. The molecule has 6 nitrogen and oxygen atoms in total. The molecular weight excluding hydrogens is 468 g/mol. The molecule has 0 spiro atoms. The van der Waals surface area contributed by atoms with Crippen LogP contribution in [0, 0.1) is 29.1 Å². The van der Waals surface area contributed by atoms with Crippen molar-refractivity contribution < 1.29 is 28.6 Å². The van der Waals surface area contributed by atoms with Gasteiger partial charge in [0.05, 0.1) is 17.5 Å². The largest absolute Gasteiger partial charge is 0.462 e. The molecule has 0 radical (unpaired) electrons. The van der Waals surface area contributed by atoms with Crippen molar-refractivity contribution in [3.63, 3.8) is 0 Å². The minimum atomic E-state index is -0.594. The van der Waals surface area contributed by atoms with Crippen LogP contribution in [0.2, 0.25) is 0 Å². The van der Waals surface area contributed by atoms with Gasteiger partial charge in [-0.2, -0.15) is 0 Å². The van der Waals surface area contributed by atoms with Gasteiger partial charge >= 0.3 is 17.9 Å². The van der Waals surface area contributed by atoms with E-state index in [9.17, 15) is 14.4 Å². The zero-order valence-corrected chi connectivity index (χ0v) is 21.4. The molecule has 4 rings (SSSR count). The Morgan fingerprint density at radius 2 is 1.68 bits per heavy atom. The lowest BCUT2D eigenvalue weighted by Gasteiger charge is -2.31. The summed E-state index contributed by atoms with van der Waals surface area (Å²) in [5.41, 5.74) is 0.442. The Hall–Kier alpha value is -3.85. The SMILES string of the molecule is CC#CCC(C)(C)[C@@H](C=C[C@@H]1[C@H]2CC(=O)O[C@H]2C[C@H]1OC(=O)c1ccccc1)OC(=O)c1ccccc1. The average molecular weight is 501 g/mol. The van der Waals surface area contributed by atoms with Gasteiger partial charge in [0, 0.05) is 30.1 Å². The number of hydrogen-bond donors (Lipinski definition) is 0. The monoisotopic (exact) mass is 500 g/mol. The van der Waals surface area contributed by atoms with Gasteiger partial charge in [0.1, 0.15) is 18.3 Å². The standard InChI is InChI=1S/C31H32O6/c1-4-5-18-31(2,3)27(37-30(34)22-14-10-7-11-15-22)17-16-23-24-19-28(32)35-26(24)20-25(23)36-29(33)21-12-8-6-9-13-21/h6-17,23-27H,18-20H2,1-3H3/t23-,24-,25-,26+,27-/m1/s1. The molecule has 1 aliphatic heterocycles. The fourth-order valence-electron chi connectivity index (χ4n) is 4.93. The van der Waals surface area contributed by atoms with Crippen molar-refractivity contribution in [3.05, 3.63) is 83.9 Å². The normalized spacial score (nSPS) is 23.5. The van der Waals surface area contributed by atoms with Crippen molar-refractivity contribution >= 4 is 17.9 Å². The first-order chi connectivity index (χ1) is 17.8. The Morgan fingerprint density at radius 3 is 2.30 bits per heavy atom. The summed E-state index contributed by atoms with van der Waals surface area (Å²) < 4.78 is 17.4. The number of hydrogen-bond acceptors (Lipinski definition) is 6. The maximum Gasteiger partial charge on any atom is 0.338 e. The Kier molecular flexibility index (Phi) is 8.13. The fourth-order valence-corrected chi connectivity index (χ4v) is 4.93. The van der Waals surface area contributed by atoms with Crippen molar-refractivity contribution in [3.8, 4) is 11.8 Å². The Balaban J connectivity index is 1.58. The number of rotatable bonds is 8. The number of fused-ring (bicyclic) bond motifs is 1. The maximum absolute atomic E-state index is 12.9. The number of ether oxygens (including phenoxy) is 3. The summed E-state index contributed by atoms with van der Waals surface area (Å²) in [6.45, 7) is 5.77. The van der Waals surface area contributed by atoms with Crippen LogP contribution in [0.5, 0.6) is 0 Å². The first-order valence-corrected chi connectivity index (χ1v) is 12.6. The van der Waals surface area contributed by atoms with Crippen LogP contribution in [0.15, 0.2) is 72.8 Å². The molecule has 6 heteroatoms. The van der Waals surface area contributed by atoms with Gasteiger partial charge in [-0.05, 0) is 37.3 Å². The quantitative estimate of drug-likeness (QED) is 0.209. The van der Waals surface area contributed by atoms with E-state index in [0.717, 1.165) is 0 Å². The van der Waals surface area contributed by atoms with Gasteiger partial charge < -0.3 is 14.2 Å². The number of esters is 3. The molecular formula is C31H32O6. The first kappa shape index (κ1) is 26.2. The summed E-state index contributed by atoms with van der Waals surface area (Å²) in [5, 5.41) is 0. The highest BCUT2D eigenvalue weighted by Crippen LogP contribution is 2.44. The zero-order chi connectivity index (χ0) is 26.4. The topological polar surface area (TPSA) is 78.9 Å². The van der Waals surface area contributed by atoms with E-state index < -0.39 is 29.6 Å². The van der Waals surface area contributed by atoms with Gasteiger partial charge in [-0.3, -0.25) is 4.79 Å². The molecule has 0 bridgehead atoms. The van der Waals surface area contributed by atoms with E-state index in [1.165, 1.54) is 0 Å². The van der Waals surface area contributed by atoms with Gasteiger partial charge in [-0.1, -0.05) is 56.3 Å². The predicted molar refractivity (Wildman–Crippen MR) is 138 cm³/mol. The number of carbonyl (C=O) groups excluding carboxylic acids is 3. The zero-order valence-electron chi connectivity index (χ0n) is 21.4. The van der Waals surface area contributed by atoms with Gasteiger partial charge in [-0.15, -0.1) is 11.8 Å². The molecule has 2 fully saturated rings. The van der Waals surface area contributed by atoms with Crippen molar-refractivity contribution in [2.24, 2.45) is 17.3 Å². The van der Waals surface area contributed by atoms with E-state index in [1.807, 2.05) is 38.1 Å². The van der Waals surface area contributed by atoms with Crippen molar-refractivity contribution in [1.29, 1.82) is 0 Å². The van der Waals surface area contributed by atoms with E-state index in [1.54, 1.807) is 55.5 Å². The molecule has 2 aromatic rings. The number of benzene rings is 2. The van der Waals surface area contributed by atoms with Crippen LogP contribution in [0.25, 0.3) is 0 Å². The van der Waals surface area contributed by atoms with Gasteiger partial charge in [0.25, 0.3) is 0 Å². The molecule has 0 unspecified atom stereocenters. The second kappa shape index (κ2) is 11.5. The molecule has 5 atom stereocenters. The minimum Gasteiger partial charge on any atom is -0.462 e. The Bertz CT molecular complexity index is 1200. The predicted octanol–water partition coefficient (Wildman–Crippen LogP) is 5.39. The molecule has 0 N–H and O–H groups in total. The summed E-state index contributed by atoms with van der Waals surface area (Å²) in [7, 11) is 0. The third-order valence-corrected chi connectivity index (χ3v) is 7.06. The van der Waals surface area contributed by atoms with Crippen LogP contribution in [-0.2, 0) is 19.0 Å². The van der Waals surface area contributed by atoms with Crippen LogP contribution >= 0.6 is 0 Å². The van der Waals surface area contributed by atoms with Crippen molar-refractivity contribution in [1.82, 2.24) is 0 Å². The van der Waals surface area contributed by atoms with Crippen LogP contribution in [0.1, 0.15) is 60.7 Å². The first-order valence-electron chi connectivity index (χ1n) is 12.6. The lowest BCUT2D eigenvalue weighted by Crippen LogP contribution is -2.33. The van der Waals surface area contributed by atoms with Gasteiger partial charge in [0.15, 0.2) is 0 Å². The number of carbonyl (C=O) groups is 3. The summed E-state index contributed by atoms with van der Waals surface area (Å²) in [6, 6.07) is 17.7. The Morgan fingerprint density at radius 1 is 1.05 bits per heavy atom. The molecule has 37 heavy (non-hydrogen) atoms. The van der Waals surface area contributed by atoms with E-state index in [0.29, 0.717) is 24.0 Å². The smallest absolute Gasteiger partial charge is 0.338 e. The lowest BCUT2D eigenvalue weighted by molar-refractivity contribution is -0.141. The van der Waals surface area contributed by atoms with E-state index in [2.05, 4.69) is 11.8 Å². The molecule has 0 aromatic heterocycles. The van der Waals surface area contributed by atoms with Gasteiger partial charge in [-0.25, -0.2) is 9.59 Å². The van der Waals surface area contributed by atoms with E-state index in [-0.39, 0.29) is 30.3 Å². The fraction of sp³-hybridized carbons (Fsp3) is 0.387. The molecule has 1 saturated carbocycles. The molecule has 1 heterocycles. The highest BCUT2D eigenvalue weighted by Gasteiger charge is 2.51. The second-order valence-electron chi connectivity index (χ2n) is 10.2. The van der Waals surface area contributed by atoms with Crippen LogP contribution in [0.4, 0.5) is 0 Å². The van der Waals surface area contributed by atoms with Crippen LogP contribution in [-0.4, -0.2) is 36.2 Å². The maximum atomic E-state index is 12.9. The lowest BCUT2D eigenvalue weighted by atomic mass is 9.81. The molecule has 0 amide bonds. The summed E-state index contributed by atoms with van der Waals surface area (Å²) in [5.74, 6) is 4.56. The molecule has 2 aliphatic rings. The second-order valence-corrected chi connectivity index (χ2v) is 10.2. The average Bonchev–Trinajstić information content (AvgIpc) is 3.41. The van der Waals surface area contributed by atoms with Crippen molar-refractivity contribution in [2.75, 3.05) is 0 Å². The minimum absolute atomic E-state index is 0.110. The highest BCUT2D eigenvalue weighted by atomic mass is 16.6. The Labute approximate surface area is 218 Å². The van der Waals surface area contributed by atoms with E-state index in [4.69, 9.17) is 14.2 Å². The highest BCUT2D eigenvalue weighted by molar-refractivity contribution is 5.90. The molecule has 1 aliphatic carbocycles. The molecule has 2 aromatic carbocycles. The molecule has 192 valence electrons. The third-order valence-electron chi connectivity index (χ3n) is 7.06. The van der Waals surface area contributed by atoms with Crippen LogP contribution < -0.4 is 0 Å². The third kappa shape index (κ3) is 6.29. The van der Waals surface area contributed by atoms with E-state index >= 15 is 0 Å². The van der Waals surface area contributed by atoms with Crippen LogP contribution in [0.3, 0.4) is 0 Å². The van der Waals surface area contributed by atoms with Crippen molar-refractivity contribution in [2.45, 2.75) is 58.3 Å². The summed E-state index contributed by atoms with van der Waals surface area (Å²) >= 11 is 0. The summed E-state index contributed by atoms with van der Waals surface area (Å²) in [6.07, 6.45) is 3.64. The summed E-state index contributed by atoms with van der Waals surface area (Å²) in [4.78, 5) is 37.8. The van der Waals surface area contributed by atoms with Gasteiger partial charge in [0.2, 0.25) is 0 Å².